The van der Waals surface area contributed by atoms with Crippen molar-refractivity contribution in [2.75, 3.05) is 0 Å². The summed E-state index contributed by atoms with van der Waals surface area (Å²) in [7, 11) is 0. The molecule has 104 valence electrons. The van der Waals surface area contributed by atoms with Gasteiger partial charge in [-0.3, -0.25) is 4.79 Å². The minimum atomic E-state index is -0.412. The lowest BCUT2D eigenvalue weighted by molar-refractivity contribution is 0.0999. The summed E-state index contributed by atoms with van der Waals surface area (Å²) in [5.74, 6) is -0.412. The molecule has 1 amide bonds. The molecular weight excluding hydrogens is 252 g/mol. The largest absolute Gasteiger partial charge is 0.392 e. The predicted octanol–water partition coefficient (Wildman–Crippen LogP) is 1.57. The fourth-order valence-electron chi connectivity index (χ4n) is 2.09. The SMILES string of the molecule is NC(=O)c1ccccc1CNCc1cccc(CO)c1. The Morgan fingerprint density at radius 3 is 2.55 bits per heavy atom. The third-order valence-corrected chi connectivity index (χ3v) is 3.10. The van der Waals surface area contributed by atoms with Gasteiger partial charge in [0.1, 0.15) is 0 Å². The molecule has 0 aliphatic carbocycles. The number of aliphatic hydroxyl groups excluding tert-OH is 1. The van der Waals surface area contributed by atoms with E-state index < -0.39 is 5.91 Å². The van der Waals surface area contributed by atoms with Gasteiger partial charge >= 0.3 is 0 Å². The van der Waals surface area contributed by atoms with Crippen LogP contribution in [-0.4, -0.2) is 11.0 Å². The zero-order chi connectivity index (χ0) is 14.4. The van der Waals surface area contributed by atoms with Gasteiger partial charge in [0.2, 0.25) is 5.91 Å². The van der Waals surface area contributed by atoms with Gasteiger partial charge in [-0.2, -0.15) is 0 Å². The zero-order valence-corrected chi connectivity index (χ0v) is 11.2. The molecular formula is C16H18N2O2. The van der Waals surface area contributed by atoms with Gasteiger partial charge in [-0.1, -0.05) is 42.5 Å². The second-order valence-corrected chi connectivity index (χ2v) is 4.60. The van der Waals surface area contributed by atoms with Crippen LogP contribution >= 0.6 is 0 Å². The Balaban J connectivity index is 1.97. The van der Waals surface area contributed by atoms with Gasteiger partial charge in [-0.05, 0) is 22.8 Å². The second kappa shape index (κ2) is 6.84. The van der Waals surface area contributed by atoms with Crippen LogP contribution in [0.2, 0.25) is 0 Å². The summed E-state index contributed by atoms with van der Waals surface area (Å²) in [5, 5.41) is 12.4. The van der Waals surface area contributed by atoms with Crippen molar-refractivity contribution in [2.45, 2.75) is 19.7 Å². The van der Waals surface area contributed by atoms with Gasteiger partial charge in [0.15, 0.2) is 0 Å². The van der Waals surface area contributed by atoms with Crippen molar-refractivity contribution in [1.82, 2.24) is 5.32 Å². The summed E-state index contributed by atoms with van der Waals surface area (Å²) in [4.78, 5) is 11.3. The number of carbonyl (C=O) groups excluding carboxylic acids is 1. The van der Waals surface area contributed by atoms with Gasteiger partial charge in [0.25, 0.3) is 0 Å². The number of carbonyl (C=O) groups is 1. The van der Waals surface area contributed by atoms with Crippen LogP contribution < -0.4 is 11.1 Å². The molecule has 2 aromatic rings. The molecule has 0 atom stereocenters. The quantitative estimate of drug-likeness (QED) is 0.745. The van der Waals surface area contributed by atoms with E-state index >= 15 is 0 Å². The lowest BCUT2D eigenvalue weighted by atomic mass is 10.1. The molecule has 0 bridgehead atoms. The van der Waals surface area contributed by atoms with Crippen molar-refractivity contribution in [3.8, 4) is 0 Å². The van der Waals surface area contributed by atoms with E-state index in [1.54, 1.807) is 12.1 Å². The van der Waals surface area contributed by atoms with E-state index in [0.717, 1.165) is 16.7 Å². The number of hydrogen-bond acceptors (Lipinski definition) is 3. The highest BCUT2D eigenvalue weighted by molar-refractivity contribution is 5.94. The molecule has 2 rings (SSSR count). The molecule has 4 heteroatoms. The second-order valence-electron chi connectivity index (χ2n) is 4.60. The number of rotatable bonds is 6. The van der Waals surface area contributed by atoms with Crippen LogP contribution in [0, 0.1) is 0 Å². The average molecular weight is 270 g/mol. The smallest absolute Gasteiger partial charge is 0.249 e. The number of amides is 1. The van der Waals surface area contributed by atoms with Crippen LogP contribution in [0.4, 0.5) is 0 Å². The first-order valence-electron chi connectivity index (χ1n) is 6.48. The van der Waals surface area contributed by atoms with E-state index in [1.807, 2.05) is 36.4 Å². The van der Waals surface area contributed by atoms with Crippen LogP contribution in [-0.2, 0) is 19.7 Å². The molecule has 4 N–H and O–H groups in total. The lowest BCUT2D eigenvalue weighted by Crippen LogP contribution is -2.18. The number of hydrogen-bond donors (Lipinski definition) is 3. The standard InChI is InChI=1S/C16H18N2O2/c17-16(20)15-7-2-1-6-14(15)10-18-9-12-4-3-5-13(8-12)11-19/h1-8,18-19H,9-11H2,(H2,17,20). The zero-order valence-electron chi connectivity index (χ0n) is 11.2. The van der Waals surface area contributed by atoms with Crippen molar-refractivity contribution in [1.29, 1.82) is 0 Å². The number of primary amides is 1. The highest BCUT2D eigenvalue weighted by Gasteiger charge is 2.06. The fourth-order valence-corrected chi connectivity index (χ4v) is 2.09. The molecule has 0 aliphatic rings. The summed E-state index contributed by atoms with van der Waals surface area (Å²) in [6, 6.07) is 15.0. The Kier molecular flexibility index (Phi) is 4.87. The fraction of sp³-hybridized carbons (Fsp3) is 0.188. The summed E-state index contributed by atoms with van der Waals surface area (Å²) < 4.78 is 0. The number of nitrogens with one attached hydrogen (secondary N) is 1. The maximum Gasteiger partial charge on any atom is 0.249 e. The molecule has 0 aromatic heterocycles. The van der Waals surface area contributed by atoms with Crippen molar-refractivity contribution >= 4 is 5.91 Å². The number of benzene rings is 2. The topological polar surface area (TPSA) is 75.4 Å². The van der Waals surface area contributed by atoms with Crippen LogP contribution in [0.5, 0.6) is 0 Å². The third kappa shape index (κ3) is 3.66. The minimum absolute atomic E-state index is 0.0400. The molecule has 0 saturated carbocycles. The van der Waals surface area contributed by atoms with Gasteiger partial charge in [0, 0.05) is 18.7 Å². The van der Waals surface area contributed by atoms with E-state index in [0.29, 0.717) is 18.7 Å². The number of nitrogens with two attached hydrogens (primary N) is 1. The molecule has 2 aromatic carbocycles. The highest BCUT2D eigenvalue weighted by Crippen LogP contribution is 2.09. The molecule has 0 saturated heterocycles. The Hall–Kier alpha value is -2.17. The van der Waals surface area contributed by atoms with E-state index in [1.165, 1.54) is 0 Å². The Labute approximate surface area is 118 Å². The molecule has 0 unspecified atom stereocenters. The molecule has 0 spiro atoms. The van der Waals surface area contributed by atoms with Crippen molar-refractivity contribution in [2.24, 2.45) is 5.73 Å². The number of aliphatic hydroxyl groups is 1. The molecule has 4 nitrogen and oxygen atoms in total. The molecule has 0 heterocycles. The predicted molar refractivity (Wildman–Crippen MR) is 77.9 cm³/mol. The van der Waals surface area contributed by atoms with E-state index in [9.17, 15) is 4.79 Å². The normalized spacial score (nSPS) is 10.4. The van der Waals surface area contributed by atoms with Crippen LogP contribution in [0.15, 0.2) is 48.5 Å². The van der Waals surface area contributed by atoms with Crippen molar-refractivity contribution < 1.29 is 9.90 Å². The summed E-state index contributed by atoms with van der Waals surface area (Å²) >= 11 is 0. The van der Waals surface area contributed by atoms with E-state index in [2.05, 4.69) is 5.32 Å². The van der Waals surface area contributed by atoms with Crippen LogP contribution in [0.25, 0.3) is 0 Å². The van der Waals surface area contributed by atoms with Crippen LogP contribution in [0.1, 0.15) is 27.0 Å². The minimum Gasteiger partial charge on any atom is -0.392 e. The first-order valence-corrected chi connectivity index (χ1v) is 6.48. The summed E-state index contributed by atoms with van der Waals surface area (Å²) in [6.45, 7) is 1.28. The van der Waals surface area contributed by atoms with Crippen molar-refractivity contribution in [3.05, 3.63) is 70.8 Å². The summed E-state index contributed by atoms with van der Waals surface area (Å²) in [6.07, 6.45) is 0. The average Bonchev–Trinajstić information content (AvgIpc) is 2.48. The van der Waals surface area contributed by atoms with Gasteiger partial charge < -0.3 is 16.2 Å². The van der Waals surface area contributed by atoms with E-state index in [4.69, 9.17) is 10.8 Å². The monoisotopic (exact) mass is 270 g/mol. The first kappa shape index (κ1) is 14.2. The van der Waals surface area contributed by atoms with E-state index in [-0.39, 0.29) is 6.61 Å². The van der Waals surface area contributed by atoms with Gasteiger partial charge in [-0.15, -0.1) is 0 Å². The molecule has 0 aliphatic heterocycles. The Bertz CT molecular complexity index is 597. The third-order valence-electron chi connectivity index (χ3n) is 3.10. The summed E-state index contributed by atoms with van der Waals surface area (Å²) in [5.41, 5.74) is 8.76. The molecule has 0 fully saturated rings. The molecule has 20 heavy (non-hydrogen) atoms. The van der Waals surface area contributed by atoms with Gasteiger partial charge in [0.05, 0.1) is 6.61 Å². The van der Waals surface area contributed by atoms with Crippen molar-refractivity contribution in [3.63, 3.8) is 0 Å². The molecule has 0 radical (unpaired) electrons. The van der Waals surface area contributed by atoms with Crippen LogP contribution in [0.3, 0.4) is 0 Å². The maximum atomic E-state index is 11.3. The lowest BCUT2D eigenvalue weighted by Gasteiger charge is -2.09. The first-order chi connectivity index (χ1) is 9.70. The Morgan fingerprint density at radius 1 is 1.05 bits per heavy atom. The van der Waals surface area contributed by atoms with Gasteiger partial charge in [-0.25, -0.2) is 0 Å². The Morgan fingerprint density at radius 2 is 1.80 bits per heavy atom. The maximum absolute atomic E-state index is 11.3. The highest BCUT2D eigenvalue weighted by atomic mass is 16.3.